The van der Waals surface area contributed by atoms with Crippen LogP contribution in [0.2, 0.25) is 0 Å². The lowest BCUT2D eigenvalue weighted by atomic mass is 9.74. The topological polar surface area (TPSA) is 81.4 Å². The molecule has 0 heterocycles. The first-order valence-corrected chi connectivity index (χ1v) is 8.62. The Hall–Kier alpha value is -1.56. The highest BCUT2D eigenvalue weighted by atomic mass is 79.9. The van der Waals surface area contributed by atoms with Crippen molar-refractivity contribution in [3.63, 3.8) is 0 Å². The molecule has 1 aliphatic rings. The molecule has 23 heavy (non-hydrogen) atoms. The van der Waals surface area contributed by atoms with Crippen LogP contribution in [0.3, 0.4) is 0 Å². The third kappa shape index (κ3) is 3.68. The molecule has 1 fully saturated rings. The second kappa shape index (κ2) is 7.34. The highest BCUT2D eigenvalue weighted by molar-refractivity contribution is 9.10. The van der Waals surface area contributed by atoms with E-state index < -0.39 is 5.41 Å². The van der Waals surface area contributed by atoms with Gasteiger partial charge in [-0.1, -0.05) is 35.2 Å². The predicted molar refractivity (Wildman–Crippen MR) is 93.2 cm³/mol. The van der Waals surface area contributed by atoms with E-state index in [9.17, 15) is 9.59 Å². The summed E-state index contributed by atoms with van der Waals surface area (Å²) in [4.78, 5) is 24.8. The second-order valence-corrected chi connectivity index (χ2v) is 7.01. The summed E-state index contributed by atoms with van der Waals surface area (Å²) in [7, 11) is 1.40. The van der Waals surface area contributed by atoms with Crippen LogP contribution in [0.4, 0.5) is 5.69 Å². The Morgan fingerprint density at radius 2 is 1.96 bits per heavy atom. The number of esters is 1. The molecule has 0 spiro atoms. The molecule has 1 aromatic carbocycles. The molecule has 0 saturated heterocycles. The zero-order valence-electron chi connectivity index (χ0n) is 13.6. The quantitative estimate of drug-likeness (QED) is 0.618. The van der Waals surface area contributed by atoms with Crippen LogP contribution >= 0.6 is 15.9 Å². The van der Waals surface area contributed by atoms with Crippen LogP contribution in [0.15, 0.2) is 16.6 Å². The Morgan fingerprint density at radius 3 is 2.57 bits per heavy atom. The number of rotatable bonds is 4. The lowest BCUT2D eigenvalue weighted by molar-refractivity contribution is -0.154. The van der Waals surface area contributed by atoms with Gasteiger partial charge in [-0.05, 0) is 37.5 Å². The summed E-state index contributed by atoms with van der Waals surface area (Å²) in [5.74, 6) is -0.494. The number of nitrogen functional groups attached to an aromatic ring is 1. The first-order chi connectivity index (χ1) is 10.9. The van der Waals surface area contributed by atoms with Gasteiger partial charge in [-0.25, -0.2) is 0 Å². The minimum Gasteiger partial charge on any atom is -0.469 e. The Kier molecular flexibility index (Phi) is 5.68. The number of hydrogen-bond donors (Lipinski definition) is 2. The fourth-order valence-corrected chi connectivity index (χ4v) is 3.57. The summed E-state index contributed by atoms with van der Waals surface area (Å²) in [5, 5.41) is 2.89. The number of carbonyl (C=O) groups excluding carboxylic acids is 2. The van der Waals surface area contributed by atoms with Crippen molar-refractivity contribution in [2.45, 2.75) is 39.0 Å². The maximum atomic E-state index is 12.6. The molecule has 1 aromatic rings. The van der Waals surface area contributed by atoms with E-state index in [0.717, 1.165) is 42.1 Å². The second-order valence-electron chi connectivity index (χ2n) is 6.15. The smallest absolute Gasteiger partial charge is 0.313 e. The Balaban J connectivity index is 2.17. The molecule has 126 valence electrons. The highest BCUT2D eigenvalue weighted by Gasteiger charge is 2.41. The van der Waals surface area contributed by atoms with Gasteiger partial charge in [0.15, 0.2) is 0 Å². The van der Waals surface area contributed by atoms with Gasteiger partial charge in [0.2, 0.25) is 0 Å². The number of methoxy groups -OCH3 is 1. The third-order valence-corrected chi connectivity index (χ3v) is 5.53. The van der Waals surface area contributed by atoms with Gasteiger partial charge < -0.3 is 15.8 Å². The molecule has 0 radical (unpaired) electrons. The number of ether oxygens (including phenoxy) is 1. The molecule has 1 amide bonds. The van der Waals surface area contributed by atoms with Crippen LogP contribution in [0.1, 0.15) is 48.0 Å². The van der Waals surface area contributed by atoms with Gasteiger partial charge in [0.25, 0.3) is 5.91 Å². The minimum absolute atomic E-state index is 0.239. The number of amides is 1. The maximum Gasteiger partial charge on any atom is 0.313 e. The van der Waals surface area contributed by atoms with Crippen molar-refractivity contribution in [3.05, 3.63) is 27.7 Å². The van der Waals surface area contributed by atoms with Crippen molar-refractivity contribution in [2.24, 2.45) is 5.41 Å². The van der Waals surface area contributed by atoms with E-state index in [0.29, 0.717) is 11.3 Å². The monoisotopic (exact) mass is 382 g/mol. The first-order valence-electron chi connectivity index (χ1n) is 7.82. The van der Waals surface area contributed by atoms with Crippen molar-refractivity contribution in [2.75, 3.05) is 19.4 Å². The van der Waals surface area contributed by atoms with Crippen molar-refractivity contribution in [3.8, 4) is 0 Å². The van der Waals surface area contributed by atoms with Gasteiger partial charge in [0, 0.05) is 16.7 Å². The van der Waals surface area contributed by atoms with E-state index in [1.54, 1.807) is 6.07 Å². The van der Waals surface area contributed by atoms with E-state index >= 15 is 0 Å². The molecule has 0 unspecified atom stereocenters. The number of benzene rings is 1. The number of anilines is 1. The largest absolute Gasteiger partial charge is 0.469 e. The van der Waals surface area contributed by atoms with Crippen LogP contribution in [0, 0.1) is 12.3 Å². The van der Waals surface area contributed by atoms with E-state index in [1.807, 2.05) is 13.0 Å². The van der Waals surface area contributed by atoms with Gasteiger partial charge >= 0.3 is 5.97 Å². The fourth-order valence-electron chi connectivity index (χ4n) is 3.24. The Bertz CT molecular complexity index is 610. The van der Waals surface area contributed by atoms with Crippen molar-refractivity contribution in [1.29, 1.82) is 0 Å². The zero-order valence-corrected chi connectivity index (χ0v) is 15.2. The molecule has 2 rings (SSSR count). The summed E-state index contributed by atoms with van der Waals surface area (Å²) >= 11 is 3.41. The number of carbonyl (C=O) groups is 2. The molecular formula is C17H23BrN2O3. The molecule has 1 aliphatic carbocycles. The zero-order chi connectivity index (χ0) is 17.0. The fraction of sp³-hybridized carbons (Fsp3) is 0.529. The molecule has 0 aliphatic heterocycles. The standard InChI is InChI=1S/C17H23BrN2O3/c1-11-12(18)6-7-13(19)14(11)15(21)20-10-17(16(22)23-2)8-4-3-5-9-17/h6-7H,3-5,8-10,19H2,1-2H3,(H,20,21). The normalized spacial score (nSPS) is 16.7. The van der Waals surface area contributed by atoms with Gasteiger partial charge in [0.1, 0.15) is 0 Å². The highest BCUT2D eigenvalue weighted by Crippen LogP contribution is 2.37. The Morgan fingerprint density at radius 1 is 1.30 bits per heavy atom. The Labute approximate surface area is 145 Å². The molecule has 6 heteroatoms. The maximum absolute atomic E-state index is 12.6. The summed E-state index contributed by atoms with van der Waals surface area (Å²) < 4.78 is 5.81. The SMILES string of the molecule is COC(=O)C1(CNC(=O)c2c(N)ccc(Br)c2C)CCCCC1. The predicted octanol–water partition coefficient (Wildman–Crippen LogP) is 3.19. The van der Waals surface area contributed by atoms with Crippen LogP contribution < -0.4 is 11.1 Å². The molecule has 1 saturated carbocycles. The molecule has 0 atom stereocenters. The summed E-state index contributed by atoms with van der Waals surface area (Å²) in [6.45, 7) is 2.12. The van der Waals surface area contributed by atoms with Gasteiger partial charge in [0.05, 0.1) is 18.1 Å². The number of halogens is 1. The van der Waals surface area contributed by atoms with Crippen LogP contribution in [-0.2, 0) is 9.53 Å². The molecule has 0 aromatic heterocycles. The molecule has 3 N–H and O–H groups in total. The summed E-state index contributed by atoms with van der Waals surface area (Å²) in [5.41, 5.74) is 7.01. The van der Waals surface area contributed by atoms with E-state index in [-0.39, 0.29) is 18.4 Å². The number of hydrogen-bond acceptors (Lipinski definition) is 4. The summed E-state index contributed by atoms with van der Waals surface area (Å²) in [6.07, 6.45) is 4.55. The van der Waals surface area contributed by atoms with Crippen molar-refractivity contribution >= 4 is 33.5 Å². The third-order valence-electron chi connectivity index (χ3n) is 4.67. The molecular weight excluding hydrogens is 360 g/mol. The van der Waals surface area contributed by atoms with Crippen LogP contribution in [0.5, 0.6) is 0 Å². The lowest BCUT2D eigenvalue weighted by Gasteiger charge is -2.34. The van der Waals surface area contributed by atoms with Crippen molar-refractivity contribution < 1.29 is 14.3 Å². The average Bonchev–Trinajstić information content (AvgIpc) is 2.56. The summed E-state index contributed by atoms with van der Waals surface area (Å²) in [6, 6.07) is 3.52. The molecule has 0 bridgehead atoms. The van der Waals surface area contributed by atoms with E-state index in [4.69, 9.17) is 10.5 Å². The van der Waals surface area contributed by atoms with E-state index in [2.05, 4.69) is 21.2 Å². The lowest BCUT2D eigenvalue weighted by Crippen LogP contribution is -2.45. The van der Waals surface area contributed by atoms with Crippen LogP contribution in [-0.4, -0.2) is 25.5 Å². The van der Waals surface area contributed by atoms with Gasteiger partial charge in [-0.3, -0.25) is 9.59 Å². The molecule has 5 nitrogen and oxygen atoms in total. The van der Waals surface area contributed by atoms with Gasteiger partial charge in [-0.15, -0.1) is 0 Å². The van der Waals surface area contributed by atoms with Crippen molar-refractivity contribution in [1.82, 2.24) is 5.32 Å². The number of nitrogens with one attached hydrogen (secondary N) is 1. The average molecular weight is 383 g/mol. The van der Waals surface area contributed by atoms with Crippen LogP contribution in [0.25, 0.3) is 0 Å². The number of nitrogens with two attached hydrogens (primary N) is 1. The van der Waals surface area contributed by atoms with E-state index in [1.165, 1.54) is 7.11 Å². The minimum atomic E-state index is -0.614. The first kappa shape index (κ1) is 17.8. The van der Waals surface area contributed by atoms with Gasteiger partial charge in [-0.2, -0.15) is 0 Å².